The van der Waals surface area contributed by atoms with E-state index in [-0.39, 0.29) is 30.6 Å². The van der Waals surface area contributed by atoms with Crippen molar-refractivity contribution in [1.82, 2.24) is 10.2 Å². The van der Waals surface area contributed by atoms with Gasteiger partial charge in [-0.1, -0.05) is 18.2 Å². The van der Waals surface area contributed by atoms with Crippen molar-refractivity contribution in [2.75, 3.05) is 13.1 Å². The van der Waals surface area contributed by atoms with Gasteiger partial charge >= 0.3 is 12.0 Å². The quantitative estimate of drug-likeness (QED) is 0.626. The Balaban J connectivity index is 1.83. The number of aliphatic carboxylic acids is 1. The lowest BCUT2D eigenvalue weighted by Gasteiger charge is -2.38. The van der Waals surface area contributed by atoms with Crippen LogP contribution < -0.4 is 5.32 Å². The molecule has 2 N–H and O–H groups in total. The molecule has 8 heteroatoms. The highest BCUT2D eigenvalue weighted by atomic mass is 16.6. The molecule has 2 amide bonds. The van der Waals surface area contributed by atoms with Crippen molar-refractivity contribution in [3.63, 3.8) is 0 Å². The van der Waals surface area contributed by atoms with Gasteiger partial charge in [-0.15, -0.1) is 0 Å². The lowest BCUT2D eigenvalue weighted by Crippen LogP contribution is -2.54. The van der Waals surface area contributed by atoms with Gasteiger partial charge in [0.1, 0.15) is 0 Å². The van der Waals surface area contributed by atoms with Crippen LogP contribution in [0.4, 0.5) is 10.5 Å². The van der Waals surface area contributed by atoms with E-state index in [1.165, 1.54) is 11.0 Å². The summed E-state index contributed by atoms with van der Waals surface area (Å²) in [6.07, 6.45) is 0.0495. The molecule has 1 aliphatic heterocycles. The summed E-state index contributed by atoms with van der Waals surface area (Å²) in [6.45, 7) is 0.861. The normalized spacial score (nSPS) is 14.4. The first-order valence-corrected chi connectivity index (χ1v) is 6.44. The highest BCUT2D eigenvalue weighted by molar-refractivity contribution is 5.75. The molecule has 0 bridgehead atoms. The van der Waals surface area contributed by atoms with E-state index in [2.05, 4.69) is 5.32 Å². The number of amides is 2. The van der Waals surface area contributed by atoms with Crippen LogP contribution in [0.15, 0.2) is 24.3 Å². The number of nitrogens with one attached hydrogen (secondary N) is 1. The number of likely N-dealkylation sites (tertiary alicyclic amines) is 1. The van der Waals surface area contributed by atoms with Crippen molar-refractivity contribution in [3.8, 4) is 0 Å². The SMILES string of the molecule is O=C(O)CC1CN(C(=O)NCc2ccccc2[N+](=O)[O-])C1. The minimum absolute atomic E-state index is 0.0145. The predicted octanol–water partition coefficient (Wildman–Crippen LogP) is 1.21. The Labute approximate surface area is 120 Å². The third-order valence-corrected chi connectivity index (χ3v) is 3.33. The summed E-state index contributed by atoms with van der Waals surface area (Å²) in [7, 11) is 0. The van der Waals surface area contributed by atoms with Gasteiger partial charge in [0.15, 0.2) is 0 Å². The van der Waals surface area contributed by atoms with Crippen LogP contribution in [0, 0.1) is 16.0 Å². The zero-order valence-electron chi connectivity index (χ0n) is 11.2. The molecule has 1 saturated heterocycles. The maximum atomic E-state index is 11.8. The fraction of sp³-hybridized carbons (Fsp3) is 0.385. The molecule has 112 valence electrons. The second kappa shape index (κ2) is 6.21. The number of carbonyl (C=O) groups excluding carboxylic acids is 1. The maximum Gasteiger partial charge on any atom is 0.317 e. The second-order valence-corrected chi connectivity index (χ2v) is 4.91. The number of carboxylic acids is 1. The summed E-state index contributed by atoms with van der Waals surface area (Å²) in [5.74, 6) is -0.890. The molecule has 0 atom stereocenters. The molecule has 1 heterocycles. The first-order chi connectivity index (χ1) is 9.97. The highest BCUT2D eigenvalue weighted by Gasteiger charge is 2.32. The molecular weight excluding hydrogens is 278 g/mol. The van der Waals surface area contributed by atoms with E-state index in [1.807, 2.05) is 0 Å². The molecule has 0 saturated carbocycles. The summed E-state index contributed by atoms with van der Waals surface area (Å²) in [5.41, 5.74) is 0.392. The lowest BCUT2D eigenvalue weighted by molar-refractivity contribution is -0.385. The number of nitro benzene ring substituents is 1. The summed E-state index contributed by atoms with van der Waals surface area (Å²) < 4.78 is 0. The number of nitro groups is 1. The van der Waals surface area contributed by atoms with Crippen molar-refractivity contribution in [2.24, 2.45) is 5.92 Å². The minimum atomic E-state index is -0.875. The summed E-state index contributed by atoms with van der Waals surface area (Å²) in [6, 6.07) is 5.86. The zero-order valence-corrected chi connectivity index (χ0v) is 11.2. The van der Waals surface area contributed by atoms with Crippen molar-refractivity contribution in [2.45, 2.75) is 13.0 Å². The topological polar surface area (TPSA) is 113 Å². The number of hydrogen-bond acceptors (Lipinski definition) is 4. The largest absolute Gasteiger partial charge is 0.481 e. The number of rotatable bonds is 5. The minimum Gasteiger partial charge on any atom is -0.481 e. The van der Waals surface area contributed by atoms with Crippen LogP contribution in [0.2, 0.25) is 0 Å². The molecule has 0 radical (unpaired) electrons. The molecule has 0 unspecified atom stereocenters. The molecule has 1 fully saturated rings. The molecule has 8 nitrogen and oxygen atoms in total. The van der Waals surface area contributed by atoms with Gasteiger partial charge in [0, 0.05) is 30.6 Å². The monoisotopic (exact) mass is 293 g/mol. The summed E-state index contributed by atoms with van der Waals surface area (Å²) >= 11 is 0. The Bertz CT molecular complexity index is 569. The predicted molar refractivity (Wildman–Crippen MR) is 72.6 cm³/mol. The Morgan fingerprint density at radius 2 is 2.05 bits per heavy atom. The van der Waals surface area contributed by atoms with E-state index in [0.29, 0.717) is 18.7 Å². The van der Waals surface area contributed by atoms with Gasteiger partial charge in [0.05, 0.1) is 17.9 Å². The Hall–Kier alpha value is -2.64. The van der Waals surface area contributed by atoms with Crippen molar-refractivity contribution < 1.29 is 19.6 Å². The standard InChI is InChI=1S/C13H15N3O5/c17-12(18)5-9-7-15(8-9)13(19)14-6-10-3-1-2-4-11(10)16(20)21/h1-4,9H,5-8H2,(H,14,19)(H,17,18). The number of para-hydroxylation sites is 1. The van der Waals surface area contributed by atoms with Crippen molar-refractivity contribution in [1.29, 1.82) is 0 Å². The zero-order chi connectivity index (χ0) is 15.4. The molecule has 0 spiro atoms. The van der Waals surface area contributed by atoms with E-state index in [0.717, 1.165) is 0 Å². The number of benzene rings is 1. The Morgan fingerprint density at radius 1 is 1.38 bits per heavy atom. The molecule has 21 heavy (non-hydrogen) atoms. The Kier molecular flexibility index (Phi) is 4.36. The van der Waals surface area contributed by atoms with Gasteiger partial charge < -0.3 is 15.3 Å². The molecule has 1 aromatic rings. The molecule has 0 aromatic heterocycles. The number of hydrogen-bond donors (Lipinski definition) is 2. The Morgan fingerprint density at radius 3 is 2.67 bits per heavy atom. The van der Waals surface area contributed by atoms with Gasteiger partial charge in [-0.05, 0) is 0 Å². The lowest BCUT2D eigenvalue weighted by atomic mass is 9.97. The van der Waals surface area contributed by atoms with Crippen LogP contribution in [-0.2, 0) is 11.3 Å². The van der Waals surface area contributed by atoms with E-state index >= 15 is 0 Å². The van der Waals surface area contributed by atoms with E-state index in [4.69, 9.17) is 5.11 Å². The average Bonchev–Trinajstić information content (AvgIpc) is 2.39. The van der Waals surface area contributed by atoms with Crippen LogP contribution in [0.5, 0.6) is 0 Å². The molecule has 1 aliphatic rings. The van der Waals surface area contributed by atoms with E-state index < -0.39 is 10.9 Å². The van der Waals surface area contributed by atoms with Crippen LogP contribution in [0.1, 0.15) is 12.0 Å². The number of carboxylic acid groups (broad SMARTS) is 1. The third kappa shape index (κ3) is 3.68. The van der Waals surface area contributed by atoms with Gasteiger partial charge in [-0.2, -0.15) is 0 Å². The first-order valence-electron chi connectivity index (χ1n) is 6.44. The smallest absolute Gasteiger partial charge is 0.317 e. The van der Waals surface area contributed by atoms with Crippen LogP contribution in [0.3, 0.4) is 0 Å². The number of carbonyl (C=O) groups is 2. The first kappa shape index (κ1) is 14.8. The van der Waals surface area contributed by atoms with Crippen molar-refractivity contribution in [3.05, 3.63) is 39.9 Å². The molecule has 2 rings (SSSR count). The molecule has 1 aromatic carbocycles. The maximum absolute atomic E-state index is 11.8. The fourth-order valence-electron chi connectivity index (χ4n) is 2.23. The number of nitrogens with zero attached hydrogens (tertiary/aromatic N) is 2. The van der Waals surface area contributed by atoms with Crippen molar-refractivity contribution >= 4 is 17.7 Å². The van der Waals surface area contributed by atoms with Crippen LogP contribution in [0.25, 0.3) is 0 Å². The second-order valence-electron chi connectivity index (χ2n) is 4.91. The van der Waals surface area contributed by atoms with Crippen LogP contribution in [-0.4, -0.2) is 40.0 Å². The van der Waals surface area contributed by atoms with E-state index in [1.54, 1.807) is 18.2 Å². The van der Waals surface area contributed by atoms with Gasteiger partial charge in [-0.25, -0.2) is 4.79 Å². The number of urea groups is 1. The van der Waals surface area contributed by atoms with E-state index in [9.17, 15) is 19.7 Å². The third-order valence-electron chi connectivity index (χ3n) is 3.33. The average molecular weight is 293 g/mol. The van der Waals surface area contributed by atoms with Gasteiger partial charge in [-0.3, -0.25) is 14.9 Å². The molecule has 0 aliphatic carbocycles. The van der Waals surface area contributed by atoms with Gasteiger partial charge in [0.2, 0.25) is 0 Å². The fourth-order valence-corrected chi connectivity index (χ4v) is 2.23. The van der Waals surface area contributed by atoms with Crippen LogP contribution >= 0.6 is 0 Å². The molecular formula is C13H15N3O5. The summed E-state index contributed by atoms with van der Waals surface area (Å²) in [4.78, 5) is 34.2. The summed E-state index contributed by atoms with van der Waals surface area (Å²) in [5, 5.41) is 22.1. The highest BCUT2D eigenvalue weighted by Crippen LogP contribution is 2.20. The van der Waals surface area contributed by atoms with Gasteiger partial charge in [0.25, 0.3) is 5.69 Å².